The van der Waals surface area contributed by atoms with Crippen LogP contribution in [0.1, 0.15) is 6.42 Å². The quantitative estimate of drug-likeness (QED) is 0.413. The topological polar surface area (TPSA) is 56.5 Å². The van der Waals surface area contributed by atoms with Gasteiger partial charge in [-0.15, -0.1) is 6.58 Å². The Balaban J connectivity index is 2.29. The molecule has 17 heavy (non-hydrogen) atoms. The van der Waals surface area contributed by atoms with Gasteiger partial charge in [-0.3, -0.25) is 0 Å². The average Bonchev–Trinajstić information content (AvgIpc) is 2.35. The molecule has 1 aromatic rings. The first kappa shape index (κ1) is 13.4. The van der Waals surface area contributed by atoms with Crippen molar-refractivity contribution >= 4 is 11.4 Å². The summed E-state index contributed by atoms with van der Waals surface area (Å²) in [5.41, 5.74) is 7.44. The van der Waals surface area contributed by atoms with E-state index in [2.05, 4.69) is 11.9 Å². The number of ether oxygens (including phenoxy) is 2. The van der Waals surface area contributed by atoms with Gasteiger partial charge >= 0.3 is 0 Å². The minimum atomic E-state index is 0.652. The number of hydrogen-bond acceptors (Lipinski definition) is 4. The fourth-order valence-corrected chi connectivity index (χ4v) is 1.36. The van der Waals surface area contributed by atoms with Gasteiger partial charge in [0.15, 0.2) is 0 Å². The molecule has 0 bridgehead atoms. The smallest absolute Gasteiger partial charge is 0.121 e. The molecule has 0 unspecified atom stereocenters. The number of nitrogen functional groups attached to an aromatic ring is 1. The molecule has 0 spiro atoms. The first-order chi connectivity index (χ1) is 8.27. The van der Waals surface area contributed by atoms with Crippen molar-refractivity contribution < 1.29 is 9.47 Å². The summed E-state index contributed by atoms with van der Waals surface area (Å²) < 4.78 is 10.5. The summed E-state index contributed by atoms with van der Waals surface area (Å²) >= 11 is 0. The molecular formula is C13H20N2O2. The summed E-state index contributed by atoms with van der Waals surface area (Å²) in [6.45, 7) is 5.72. The van der Waals surface area contributed by atoms with Crippen LogP contribution in [-0.2, 0) is 4.74 Å². The summed E-state index contributed by atoms with van der Waals surface area (Å²) in [6.07, 6.45) is 2.72. The number of anilines is 2. The molecule has 4 heteroatoms. The van der Waals surface area contributed by atoms with Crippen LogP contribution in [0.25, 0.3) is 0 Å². The molecular weight excluding hydrogens is 216 g/mol. The first-order valence-corrected chi connectivity index (χ1v) is 5.64. The molecule has 0 saturated carbocycles. The third-order valence-electron chi connectivity index (χ3n) is 2.29. The maximum atomic E-state index is 5.86. The zero-order chi connectivity index (χ0) is 12.5. The van der Waals surface area contributed by atoms with Crippen molar-refractivity contribution in [3.8, 4) is 5.75 Å². The lowest BCUT2D eigenvalue weighted by molar-refractivity contribution is 0.149. The molecule has 0 aliphatic carbocycles. The second-order valence-electron chi connectivity index (χ2n) is 3.57. The molecule has 0 aromatic heterocycles. The second kappa shape index (κ2) is 7.57. The van der Waals surface area contributed by atoms with E-state index in [1.54, 1.807) is 13.2 Å². The van der Waals surface area contributed by atoms with Crippen LogP contribution in [0.4, 0.5) is 11.4 Å². The molecule has 0 aliphatic rings. The predicted octanol–water partition coefficient (Wildman–Crippen LogP) is 2.28. The summed E-state index contributed by atoms with van der Waals surface area (Å²) in [5, 5.41) is 3.21. The molecule has 0 radical (unpaired) electrons. The lowest BCUT2D eigenvalue weighted by Gasteiger charge is -2.10. The highest BCUT2D eigenvalue weighted by molar-refractivity contribution is 5.68. The fraction of sp³-hybridized carbons (Fsp3) is 0.385. The van der Waals surface area contributed by atoms with Crippen LogP contribution in [0, 0.1) is 0 Å². The molecule has 0 aliphatic heterocycles. The molecule has 0 fully saturated rings. The van der Waals surface area contributed by atoms with E-state index >= 15 is 0 Å². The number of rotatable bonds is 8. The molecule has 0 heterocycles. The van der Waals surface area contributed by atoms with Crippen LogP contribution in [0.5, 0.6) is 5.75 Å². The first-order valence-electron chi connectivity index (χ1n) is 5.64. The zero-order valence-corrected chi connectivity index (χ0v) is 10.2. The summed E-state index contributed by atoms with van der Waals surface area (Å²) in [7, 11) is 1.62. The minimum Gasteiger partial charge on any atom is -0.497 e. The minimum absolute atomic E-state index is 0.652. The van der Waals surface area contributed by atoms with Crippen molar-refractivity contribution in [1.29, 1.82) is 0 Å². The van der Waals surface area contributed by atoms with Crippen molar-refractivity contribution in [2.24, 2.45) is 0 Å². The van der Waals surface area contributed by atoms with Crippen LogP contribution < -0.4 is 15.8 Å². The van der Waals surface area contributed by atoms with Gasteiger partial charge in [0.2, 0.25) is 0 Å². The van der Waals surface area contributed by atoms with Gasteiger partial charge in [-0.1, -0.05) is 6.08 Å². The summed E-state index contributed by atoms with van der Waals surface area (Å²) in [6, 6.07) is 5.57. The van der Waals surface area contributed by atoms with Gasteiger partial charge < -0.3 is 20.5 Å². The van der Waals surface area contributed by atoms with E-state index in [0.29, 0.717) is 18.9 Å². The van der Waals surface area contributed by atoms with Crippen LogP contribution >= 0.6 is 0 Å². The van der Waals surface area contributed by atoms with E-state index in [0.717, 1.165) is 24.4 Å². The molecule has 94 valence electrons. The largest absolute Gasteiger partial charge is 0.497 e. The van der Waals surface area contributed by atoms with Gasteiger partial charge in [0, 0.05) is 12.6 Å². The zero-order valence-electron chi connectivity index (χ0n) is 10.2. The van der Waals surface area contributed by atoms with Crippen molar-refractivity contribution in [3.63, 3.8) is 0 Å². The van der Waals surface area contributed by atoms with Crippen molar-refractivity contribution in [1.82, 2.24) is 0 Å². The van der Waals surface area contributed by atoms with Crippen LogP contribution in [0.2, 0.25) is 0 Å². The van der Waals surface area contributed by atoms with Crippen LogP contribution in [-0.4, -0.2) is 26.9 Å². The number of methoxy groups -OCH3 is 1. The molecule has 4 nitrogen and oxygen atoms in total. The van der Waals surface area contributed by atoms with E-state index in [1.807, 2.05) is 18.2 Å². The van der Waals surface area contributed by atoms with Gasteiger partial charge in [-0.2, -0.15) is 0 Å². The molecule has 0 atom stereocenters. The Morgan fingerprint density at radius 3 is 2.88 bits per heavy atom. The van der Waals surface area contributed by atoms with Crippen LogP contribution in [0.15, 0.2) is 30.9 Å². The highest BCUT2D eigenvalue weighted by Crippen LogP contribution is 2.23. The average molecular weight is 236 g/mol. The van der Waals surface area contributed by atoms with Gasteiger partial charge in [-0.25, -0.2) is 0 Å². The Morgan fingerprint density at radius 1 is 1.41 bits per heavy atom. The van der Waals surface area contributed by atoms with E-state index in [4.69, 9.17) is 15.2 Å². The standard InChI is InChI=1S/C13H20N2O2/c1-3-4-8-17-9-7-15-13-6-5-11(16-2)10-12(13)14/h3,5-6,10,15H,1,4,7-9,14H2,2H3. The maximum absolute atomic E-state index is 5.86. The lowest BCUT2D eigenvalue weighted by Crippen LogP contribution is -2.11. The van der Waals surface area contributed by atoms with Crippen molar-refractivity contribution in [2.75, 3.05) is 37.9 Å². The summed E-state index contributed by atoms with van der Waals surface area (Å²) in [5.74, 6) is 0.760. The number of nitrogens with two attached hydrogens (primary N) is 1. The monoisotopic (exact) mass is 236 g/mol. The Kier molecular flexibility index (Phi) is 5.96. The van der Waals surface area contributed by atoms with E-state index in [1.165, 1.54) is 0 Å². The highest BCUT2D eigenvalue weighted by Gasteiger charge is 1.99. The number of hydrogen-bond donors (Lipinski definition) is 2. The SMILES string of the molecule is C=CCCOCCNc1ccc(OC)cc1N. The van der Waals surface area contributed by atoms with Gasteiger partial charge in [0.05, 0.1) is 31.7 Å². The van der Waals surface area contributed by atoms with Gasteiger partial charge in [-0.05, 0) is 18.6 Å². The van der Waals surface area contributed by atoms with Crippen molar-refractivity contribution in [2.45, 2.75) is 6.42 Å². The summed E-state index contributed by atoms with van der Waals surface area (Å²) in [4.78, 5) is 0. The van der Waals surface area contributed by atoms with E-state index < -0.39 is 0 Å². The normalized spacial score (nSPS) is 9.94. The Morgan fingerprint density at radius 2 is 2.24 bits per heavy atom. The molecule has 0 amide bonds. The van der Waals surface area contributed by atoms with Crippen molar-refractivity contribution in [3.05, 3.63) is 30.9 Å². The Labute approximate surface area is 102 Å². The van der Waals surface area contributed by atoms with Gasteiger partial charge in [0.1, 0.15) is 5.75 Å². The second-order valence-corrected chi connectivity index (χ2v) is 3.57. The third kappa shape index (κ3) is 4.78. The Hall–Kier alpha value is -1.68. The number of benzene rings is 1. The van der Waals surface area contributed by atoms with Crippen LogP contribution in [0.3, 0.4) is 0 Å². The van der Waals surface area contributed by atoms with E-state index in [9.17, 15) is 0 Å². The van der Waals surface area contributed by atoms with E-state index in [-0.39, 0.29) is 0 Å². The number of nitrogens with one attached hydrogen (secondary N) is 1. The lowest BCUT2D eigenvalue weighted by atomic mass is 10.2. The van der Waals surface area contributed by atoms with Gasteiger partial charge in [0.25, 0.3) is 0 Å². The molecule has 1 aromatic carbocycles. The molecule has 3 N–H and O–H groups in total. The third-order valence-corrected chi connectivity index (χ3v) is 2.29. The predicted molar refractivity (Wildman–Crippen MR) is 71.5 cm³/mol. The molecule has 1 rings (SSSR count). The Bertz CT molecular complexity index is 353. The fourth-order valence-electron chi connectivity index (χ4n) is 1.36. The maximum Gasteiger partial charge on any atom is 0.121 e. The highest BCUT2D eigenvalue weighted by atomic mass is 16.5. The molecule has 0 saturated heterocycles.